The zero-order chi connectivity index (χ0) is 14.0. The first kappa shape index (κ1) is 13.9. The van der Waals surface area contributed by atoms with Crippen molar-refractivity contribution >= 4 is 5.91 Å². The number of hydrogen-bond donors (Lipinski definition) is 1. The van der Waals surface area contributed by atoms with Gasteiger partial charge in [0, 0.05) is 30.7 Å². The molecule has 0 radical (unpaired) electrons. The van der Waals surface area contributed by atoms with Gasteiger partial charge in [0.1, 0.15) is 11.6 Å². The van der Waals surface area contributed by atoms with Gasteiger partial charge in [-0.3, -0.25) is 4.79 Å². The molecule has 0 spiro atoms. The van der Waals surface area contributed by atoms with E-state index in [1.807, 2.05) is 13.8 Å². The summed E-state index contributed by atoms with van der Waals surface area (Å²) in [7, 11) is 0. The minimum absolute atomic E-state index is 0.151. The second-order valence-corrected chi connectivity index (χ2v) is 5.41. The normalized spacial score (nSPS) is 18.4. The summed E-state index contributed by atoms with van der Waals surface area (Å²) in [5.74, 6) is -1.57. The molecule has 3 nitrogen and oxygen atoms in total. The fourth-order valence-electron chi connectivity index (χ4n) is 2.39. The highest BCUT2D eigenvalue weighted by molar-refractivity contribution is 5.79. The van der Waals surface area contributed by atoms with E-state index >= 15 is 0 Å². The van der Waals surface area contributed by atoms with Crippen molar-refractivity contribution in [3.05, 3.63) is 35.4 Å². The number of amides is 1. The van der Waals surface area contributed by atoms with E-state index in [0.717, 1.165) is 0 Å². The Balaban J connectivity index is 2.17. The van der Waals surface area contributed by atoms with Crippen molar-refractivity contribution in [2.45, 2.75) is 25.8 Å². The highest BCUT2D eigenvalue weighted by atomic mass is 19.1. The third-order valence-corrected chi connectivity index (χ3v) is 3.49. The Labute approximate surface area is 111 Å². The number of piperazine rings is 1. The van der Waals surface area contributed by atoms with Gasteiger partial charge in [0.2, 0.25) is 5.91 Å². The van der Waals surface area contributed by atoms with Gasteiger partial charge in [-0.15, -0.1) is 0 Å². The molecule has 0 bridgehead atoms. The van der Waals surface area contributed by atoms with Crippen LogP contribution in [0.15, 0.2) is 18.2 Å². The number of benzene rings is 1. The largest absolute Gasteiger partial charge is 0.335 e. The SMILES string of the molecule is CC1(C)CNCCN1C(=O)Cc1c(F)cccc1F. The summed E-state index contributed by atoms with van der Waals surface area (Å²) in [6.45, 7) is 5.82. The van der Waals surface area contributed by atoms with E-state index < -0.39 is 11.6 Å². The van der Waals surface area contributed by atoms with Crippen LogP contribution in [0.1, 0.15) is 19.4 Å². The highest BCUT2D eigenvalue weighted by Gasteiger charge is 2.33. The summed E-state index contributed by atoms with van der Waals surface area (Å²) >= 11 is 0. The number of rotatable bonds is 2. The Bertz CT molecular complexity index is 468. The average molecular weight is 268 g/mol. The summed E-state index contributed by atoms with van der Waals surface area (Å²) in [6.07, 6.45) is -0.234. The maximum Gasteiger partial charge on any atom is 0.227 e. The fraction of sp³-hybridized carbons (Fsp3) is 0.500. The maximum absolute atomic E-state index is 13.5. The molecule has 5 heteroatoms. The predicted molar refractivity (Wildman–Crippen MR) is 68.7 cm³/mol. The summed E-state index contributed by atoms with van der Waals surface area (Å²) < 4.78 is 27.1. The average Bonchev–Trinajstić information content (AvgIpc) is 2.33. The Hall–Kier alpha value is -1.49. The third-order valence-electron chi connectivity index (χ3n) is 3.49. The molecule has 0 aliphatic carbocycles. The molecule has 2 rings (SSSR count). The minimum Gasteiger partial charge on any atom is -0.335 e. The van der Waals surface area contributed by atoms with Gasteiger partial charge in [0.15, 0.2) is 0 Å². The number of hydrogen-bond acceptors (Lipinski definition) is 2. The van der Waals surface area contributed by atoms with Crippen molar-refractivity contribution in [1.82, 2.24) is 10.2 Å². The van der Waals surface area contributed by atoms with Gasteiger partial charge < -0.3 is 10.2 Å². The van der Waals surface area contributed by atoms with E-state index in [0.29, 0.717) is 19.6 Å². The number of halogens is 2. The lowest BCUT2D eigenvalue weighted by Gasteiger charge is -2.43. The zero-order valence-electron chi connectivity index (χ0n) is 11.2. The lowest BCUT2D eigenvalue weighted by atomic mass is 9.98. The predicted octanol–water partition coefficient (Wildman–Crippen LogP) is 1.72. The van der Waals surface area contributed by atoms with Gasteiger partial charge in [-0.1, -0.05) is 6.07 Å². The second-order valence-electron chi connectivity index (χ2n) is 5.41. The van der Waals surface area contributed by atoms with Crippen molar-refractivity contribution in [3.63, 3.8) is 0 Å². The molecule has 19 heavy (non-hydrogen) atoms. The van der Waals surface area contributed by atoms with Gasteiger partial charge in [0.25, 0.3) is 0 Å². The Morgan fingerprint density at radius 2 is 2.00 bits per heavy atom. The molecule has 0 aromatic heterocycles. The van der Waals surface area contributed by atoms with Crippen molar-refractivity contribution in [1.29, 1.82) is 0 Å². The first-order chi connectivity index (χ1) is 8.92. The maximum atomic E-state index is 13.5. The summed E-state index contributed by atoms with van der Waals surface area (Å²) in [4.78, 5) is 13.9. The number of nitrogens with zero attached hydrogens (tertiary/aromatic N) is 1. The van der Waals surface area contributed by atoms with Crippen molar-refractivity contribution in [2.24, 2.45) is 0 Å². The highest BCUT2D eigenvalue weighted by Crippen LogP contribution is 2.20. The van der Waals surface area contributed by atoms with Crippen LogP contribution >= 0.6 is 0 Å². The molecule has 1 heterocycles. The standard InChI is InChI=1S/C14H18F2N2O/c1-14(2)9-17-6-7-18(14)13(19)8-10-11(15)4-3-5-12(10)16/h3-5,17H,6-9H2,1-2H3. The monoisotopic (exact) mass is 268 g/mol. The summed E-state index contributed by atoms with van der Waals surface area (Å²) in [6, 6.07) is 3.65. The lowest BCUT2D eigenvalue weighted by Crippen LogP contribution is -2.60. The molecule has 1 aromatic carbocycles. The Morgan fingerprint density at radius 3 is 2.58 bits per heavy atom. The number of nitrogens with one attached hydrogen (secondary N) is 1. The quantitative estimate of drug-likeness (QED) is 0.885. The first-order valence-electron chi connectivity index (χ1n) is 6.36. The van der Waals surface area contributed by atoms with E-state index in [4.69, 9.17) is 0 Å². The molecule has 1 saturated heterocycles. The van der Waals surface area contributed by atoms with Gasteiger partial charge in [-0.25, -0.2) is 8.78 Å². The topological polar surface area (TPSA) is 32.3 Å². The van der Waals surface area contributed by atoms with Gasteiger partial charge >= 0.3 is 0 Å². The zero-order valence-corrected chi connectivity index (χ0v) is 11.2. The van der Waals surface area contributed by atoms with Gasteiger partial charge in [-0.05, 0) is 26.0 Å². The van der Waals surface area contributed by atoms with Crippen LogP contribution < -0.4 is 5.32 Å². The summed E-state index contributed by atoms with van der Waals surface area (Å²) in [5, 5.41) is 3.20. The smallest absolute Gasteiger partial charge is 0.227 e. The van der Waals surface area contributed by atoms with E-state index in [2.05, 4.69) is 5.32 Å². The molecule has 0 atom stereocenters. The van der Waals surface area contributed by atoms with Crippen molar-refractivity contribution < 1.29 is 13.6 Å². The van der Waals surface area contributed by atoms with Crippen LogP contribution in [0, 0.1) is 11.6 Å². The third kappa shape index (κ3) is 2.92. The first-order valence-corrected chi connectivity index (χ1v) is 6.36. The molecular weight excluding hydrogens is 250 g/mol. The van der Waals surface area contributed by atoms with Gasteiger partial charge in [0.05, 0.1) is 6.42 Å². The number of carbonyl (C=O) groups is 1. The van der Waals surface area contributed by atoms with E-state index in [-0.39, 0.29) is 23.4 Å². The minimum atomic E-state index is -0.665. The fourth-order valence-corrected chi connectivity index (χ4v) is 2.39. The molecular formula is C14H18F2N2O. The van der Waals surface area contributed by atoms with Crippen LogP contribution in [0.2, 0.25) is 0 Å². The molecule has 0 unspecified atom stereocenters. The van der Waals surface area contributed by atoms with Crippen LogP contribution in [0.3, 0.4) is 0 Å². The van der Waals surface area contributed by atoms with E-state index in [1.165, 1.54) is 18.2 Å². The van der Waals surface area contributed by atoms with Crippen LogP contribution in [-0.2, 0) is 11.2 Å². The van der Waals surface area contributed by atoms with Crippen molar-refractivity contribution in [2.75, 3.05) is 19.6 Å². The molecule has 1 amide bonds. The number of carbonyl (C=O) groups excluding carboxylic acids is 1. The lowest BCUT2D eigenvalue weighted by molar-refractivity contribution is -0.137. The molecule has 1 aliphatic heterocycles. The van der Waals surface area contributed by atoms with E-state index in [1.54, 1.807) is 4.90 Å². The molecule has 104 valence electrons. The second kappa shape index (κ2) is 5.25. The van der Waals surface area contributed by atoms with Crippen LogP contribution in [0.4, 0.5) is 8.78 Å². The Kier molecular flexibility index (Phi) is 3.85. The summed E-state index contributed by atoms with van der Waals surface area (Å²) in [5.41, 5.74) is -0.487. The van der Waals surface area contributed by atoms with E-state index in [9.17, 15) is 13.6 Å². The molecule has 1 N–H and O–H groups in total. The molecule has 1 aromatic rings. The van der Waals surface area contributed by atoms with Crippen LogP contribution in [0.5, 0.6) is 0 Å². The van der Waals surface area contributed by atoms with Crippen molar-refractivity contribution in [3.8, 4) is 0 Å². The Morgan fingerprint density at radius 1 is 1.37 bits per heavy atom. The van der Waals surface area contributed by atoms with Crippen LogP contribution in [-0.4, -0.2) is 36.0 Å². The molecule has 1 aliphatic rings. The molecule has 0 saturated carbocycles. The van der Waals surface area contributed by atoms with Crippen LogP contribution in [0.25, 0.3) is 0 Å². The molecule has 1 fully saturated rings. The van der Waals surface area contributed by atoms with Gasteiger partial charge in [-0.2, -0.15) is 0 Å².